The zero-order valence-corrected chi connectivity index (χ0v) is 15.4. The minimum atomic E-state index is -1.44. The number of hydrogen-bond donors (Lipinski definition) is 6. The molecule has 3 amide bonds. The first kappa shape index (κ1) is 24.1. The number of carboxylic acid groups (broad SMARTS) is 3. The van der Waals surface area contributed by atoms with Crippen molar-refractivity contribution in [2.24, 2.45) is 5.92 Å². The first-order valence-corrected chi connectivity index (χ1v) is 8.56. The average Bonchev–Trinajstić information content (AvgIpc) is 2.56. The van der Waals surface area contributed by atoms with Crippen LogP contribution in [0.3, 0.4) is 0 Å². The lowest BCUT2D eigenvalue weighted by molar-refractivity contribution is -0.140. The molecule has 0 aromatic rings. The maximum absolute atomic E-state index is 11.8. The number of carbonyl (C=O) groups is 5. The van der Waals surface area contributed by atoms with Gasteiger partial charge < -0.3 is 31.3 Å². The summed E-state index contributed by atoms with van der Waals surface area (Å²) in [6.45, 7) is 3.88. The van der Waals surface area contributed by atoms with Gasteiger partial charge in [0.2, 0.25) is 5.91 Å². The van der Waals surface area contributed by atoms with E-state index in [1.165, 1.54) is 0 Å². The van der Waals surface area contributed by atoms with Gasteiger partial charge in [-0.05, 0) is 25.7 Å². The van der Waals surface area contributed by atoms with Gasteiger partial charge in [-0.1, -0.05) is 13.8 Å². The van der Waals surface area contributed by atoms with E-state index in [9.17, 15) is 24.0 Å². The van der Waals surface area contributed by atoms with Crippen molar-refractivity contribution in [2.45, 2.75) is 58.0 Å². The van der Waals surface area contributed by atoms with E-state index in [-0.39, 0.29) is 24.7 Å². The Balaban J connectivity index is 4.40. The van der Waals surface area contributed by atoms with E-state index in [4.69, 9.17) is 15.3 Å². The Bertz CT molecular complexity index is 550. The Morgan fingerprint density at radius 1 is 0.815 bits per heavy atom. The molecule has 0 radical (unpaired) electrons. The Hall–Kier alpha value is -2.85. The van der Waals surface area contributed by atoms with Gasteiger partial charge in [-0.2, -0.15) is 0 Å². The van der Waals surface area contributed by atoms with Gasteiger partial charge in [0.05, 0.1) is 0 Å². The molecule has 0 bridgehead atoms. The fourth-order valence-electron chi connectivity index (χ4n) is 2.03. The zero-order valence-electron chi connectivity index (χ0n) is 15.4. The predicted octanol–water partition coefficient (Wildman–Crippen LogP) is -0.000700. The van der Waals surface area contributed by atoms with Crippen molar-refractivity contribution < 1.29 is 39.3 Å². The third-order valence-electron chi connectivity index (χ3n) is 3.60. The van der Waals surface area contributed by atoms with E-state index >= 15 is 0 Å². The molecule has 0 aromatic heterocycles. The first-order valence-electron chi connectivity index (χ1n) is 8.56. The van der Waals surface area contributed by atoms with Gasteiger partial charge in [-0.3, -0.25) is 9.59 Å². The molecular weight excluding hydrogens is 362 g/mol. The molecule has 0 saturated carbocycles. The Labute approximate surface area is 156 Å². The quantitative estimate of drug-likeness (QED) is 0.238. The number of carboxylic acids is 3. The van der Waals surface area contributed by atoms with Crippen LogP contribution >= 0.6 is 0 Å². The standard InChI is InChI=1S/C16H27N3O8/c1-9(2)13(22)17-8-4-3-5-10(14(23)24)18-16(27)19-11(15(25)26)6-7-12(20)21/h9-11H,3-8H2,1-2H3,(H,17,22)(H,20,21)(H,23,24)(H,25,26)(H2,18,19,27). The van der Waals surface area contributed by atoms with E-state index in [0.29, 0.717) is 19.4 Å². The minimum Gasteiger partial charge on any atom is -0.481 e. The van der Waals surface area contributed by atoms with Crippen molar-refractivity contribution in [1.29, 1.82) is 0 Å². The van der Waals surface area contributed by atoms with Gasteiger partial charge in [0.1, 0.15) is 12.1 Å². The number of nitrogens with one attached hydrogen (secondary N) is 3. The largest absolute Gasteiger partial charge is 0.481 e. The summed E-state index contributed by atoms with van der Waals surface area (Å²) in [5.74, 6) is -4.17. The van der Waals surface area contributed by atoms with Crippen molar-refractivity contribution in [2.75, 3.05) is 6.54 Å². The smallest absolute Gasteiger partial charge is 0.326 e. The van der Waals surface area contributed by atoms with Crippen molar-refractivity contribution in [1.82, 2.24) is 16.0 Å². The summed E-state index contributed by atoms with van der Waals surface area (Å²) in [6, 6.07) is -3.69. The minimum absolute atomic E-state index is 0.0904. The fourth-order valence-corrected chi connectivity index (χ4v) is 2.03. The van der Waals surface area contributed by atoms with Gasteiger partial charge >= 0.3 is 23.9 Å². The summed E-state index contributed by atoms with van der Waals surface area (Å²) in [5, 5.41) is 33.6. The topological polar surface area (TPSA) is 182 Å². The third-order valence-corrected chi connectivity index (χ3v) is 3.60. The molecule has 0 saturated heterocycles. The molecule has 11 nitrogen and oxygen atoms in total. The monoisotopic (exact) mass is 389 g/mol. The van der Waals surface area contributed by atoms with Crippen molar-refractivity contribution >= 4 is 29.8 Å². The summed E-state index contributed by atoms with van der Waals surface area (Å²) in [7, 11) is 0. The Morgan fingerprint density at radius 2 is 1.33 bits per heavy atom. The number of hydrogen-bond acceptors (Lipinski definition) is 5. The highest BCUT2D eigenvalue weighted by Gasteiger charge is 2.24. The molecule has 0 spiro atoms. The highest BCUT2D eigenvalue weighted by atomic mass is 16.4. The van der Waals surface area contributed by atoms with Crippen LogP contribution in [0.1, 0.15) is 46.0 Å². The SMILES string of the molecule is CC(C)C(=O)NCCCCC(NC(=O)NC(CCC(=O)O)C(=O)O)C(=O)O. The van der Waals surface area contributed by atoms with Crippen LogP contribution in [-0.2, 0) is 19.2 Å². The lowest BCUT2D eigenvalue weighted by Gasteiger charge is -2.18. The van der Waals surface area contributed by atoms with Crippen LogP contribution in [0, 0.1) is 5.92 Å². The number of amides is 3. The second-order valence-electron chi connectivity index (χ2n) is 6.27. The van der Waals surface area contributed by atoms with E-state index < -0.39 is 42.4 Å². The fraction of sp³-hybridized carbons (Fsp3) is 0.688. The van der Waals surface area contributed by atoms with E-state index in [1.807, 2.05) is 0 Å². The second-order valence-corrected chi connectivity index (χ2v) is 6.27. The molecule has 0 rings (SSSR count). The molecule has 11 heteroatoms. The van der Waals surface area contributed by atoms with Gasteiger partial charge in [0, 0.05) is 18.9 Å². The number of unbranched alkanes of at least 4 members (excludes halogenated alkanes) is 1. The van der Waals surface area contributed by atoms with Gasteiger partial charge in [-0.25, -0.2) is 14.4 Å². The number of rotatable bonds is 13. The summed E-state index contributed by atoms with van der Waals surface area (Å²) >= 11 is 0. The predicted molar refractivity (Wildman–Crippen MR) is 93.1 cm³/mol. The summed E-state index contributed by atoms with van der Waals surface area (Å²) in [4.78, 5) is 56.0. The normalized spacial score (nSPS) is 12.7. The van der Waals surface area contributed by atoms with Crippen molar-refractivity contribution in [3.05, 3.63) is 0 Å². The lowest BCUT2D eigenvalue weighted by Crippen LogP contribution is -2.51. The molecular formula is C16H27N3O8. The molecule has 154 valence electrons. The summed E-state index contributed by atoms with van der Waals surface area (Å²) in [5.41, 5.74) is 0. The van der Waals surface area contributed by atoms with Crippen LogP contribution in [0.25, 0.3) is 0 Å². The van der Waals surface area contributed by atoms with E-state index in [1.54, 1.807) is 13.8 Å². The molecule has 2 unspecified atom stereocenters. The lowest BCUT2D eigenvalue weighted by atomic mass is 10.1. The molecule has 2 atom stereocenters. The average molecular weight is 389 g/mol. The van der Waals surface area contributed by atoms with Crippen LogP contribution in [0.15, 0.2) is 0 Å². The maximum Gasteiger partial charge on any atom is 0.326 e. The first-order chi connectivity index (χ1) is 12.5. The number of carbonyl (C=O) groups excluding carboxylic acids is 2. The van der Waals surface area contributed by atoms with Crippen LogP contribution in [0.5, 0.6) is 0 Å². The molecule has 0 fully saturated rings. The van der Waals surface area contributed by atoms with Crippen LogP contribution in [-0.4, -0.2) is 63.8 Å². The second kappa shape index (κ2) is 12.5. The van der Waals surface area contributed by atoms with Crippen LogP contribution in [0.2, 0.25) is 0 Å². The van der Waals surface area contributed by atoms with Crippen molar-refractivity contribution in [3.8, 4) is 0 Å². The summed E-state index contributed by atoms with van der Waals surface area (Å²) < 4.78 is 0. The molecule has 27 heavy (non-hydrogen) atoms. The van der Waals surface area contributed by atoms with E-state index in [0.717, 1.165) is 0 Å². The van der Waals surface area contributed by atoms with Gasteiger partial charge in [0.25, 0.3) is 0 Å². The highest BCUT2D eigenvalue weighted by Crippen LogP contribution is 2.03. The molecule has 0 heterocycles. The Kier molecular flexibility index (Phi) is 11.2. The van der Waals surface area contributed by atoms with Gasteiger partial charge in [0.15, 0.2) is 0 Å². The molecule has 0 aliphatic rings. The number of aliphatic carboxylic acids is 3. The van der Waals surface area contributed by atoms with Crippen molar-refractivity contribution in [3.63, 3.8) is 0 Å². The summed E-state index contributed by atoms with van der Waals surface area (Å²) in [6.07, 6.45) is 0.235. The van der Waals surface area contributed by atoms with Crippen LogP contribution < -0.4 is 16.0 Å². The number of urea groups is 1. The van der Waals surface area contributed by atoms with E-state index in [2.05, 4.69) is 16.0 Å². The molecule has 0 aromatic carbocycles. The van der Waals surface area contributed by atoms with Crippen LogP contribution in [0.4, 0.5) is 4.79 Å². The van der Waals surface area contributed by atoms with Gasteiger partial charge in [-0.15, -0.1) is 0 Å². The third kappa shape index (κ3) is 11.4. The molecule has 0 aliphatic heterocycles. The Morgan fingerprint density at radius 3 is 1.78 bits per heavy atom. The zero-order chi connectivity index (χ0) is 21.0. The molecule has 6 N–H and O–H groups in total. The maximum atomic E-state index is 11.8. The molecule has 0 aliphatic carbocycles. The highest BCUT2D eigenvalue weighted by molar-refractivity contribution is 5.86.